The normalized spacial score (nSPS) is 15.3. The van der Waals surface area contributed by atoms with Crippen molar-refractivity contribution in [1.29, 1.82) is 0 Å². The molecular formula is C20H25BrN4O. The van der Waals surface area contributed by atoms with Gasteiger partial charge in [0.25, 0.3) is 5.91 Å². The molecule has 1 aromatic heterocycles. The van der Waals surface area contributed by atoms with Gasteiger partial charge in [-0.3, -0.25) is 9.78 Å². The molecule has 6 heteroatoms. The molecule has 26 heavy (non-hydrogen) atoms. The van der Waals surface area contributed by atoms with Gasteiger partial charge in [0.15, 0.2) is 0 Å². The third-order valence-corrected chi connectivity index (χ3v) is 5.13. The van der Waals surface area contributed by atoms with E-state index in [9.17, 15) is 4.79 Å². The highest BCUT2D eigenvalue weighted by molar-refractivity contribution is 9.10. The summed E-state index contributed by atoms with van der Waals surface area (Å²) in [7, 11) is 4.28. The first-order valence-corrected chi connectivity index (χ1v) is 9.72. The van der Waals surface area contributed by atoms with Crippen molar-refractivity contribution >= 4 is 33.2 Å². The first-order valence-electron chi connectivity index (χ1n) is 8.93. The zero-order valence-corrected chi connectivity index (χ0v) is 16.9. The van der Waals surface area contributed by atoms with E-state index in [1.165, 1.54) is 25.1 Å². The molecule has 1 N–H and O–H groups in total. The van der Waals surface area contributed by atoms with E-state index < -0.39 is 0 Å². The summed E-state index contributed by atoms with van der Waals surface area (Å²) in [5.74, 6) is 0.634. The van der Waals surface area contributed by atoms with Crippen molar-refractivity contribution in [2.24, 2.45) is 5.92 Å². The lowest BCUT2D eigenvalue weighted by Crippen LogP contribution is -2.37. The summed E-state index contributed by atoms with van der Waals surface area (Å²) in [5.41, 5.74) is 2.54. The molecule has 1 aliphatic heterocycles. The van der Waals surface area contributed by atoms with E-state index in [0.717, 1.165) is 29.2 Å². The summed E-state index contributed by atoms with van der Waals surface area (Å²) < 4.78 is 0.790. The number of nitrogens with one attached hydrogen (secondary N) is 1. The molecular weight excluding hydrogens is 392 g/mol. The lowest BCUT2D eigenvalue weighted by molar-refractivity contribution is 0.102. The van der Waals surface area contributed by atoms with Gasteiger partial charge in [-0.2, -0.15) is 0 Å². The molecule has 1 fully saturated rings. The van der Waals surface area contributed by atoms with Crippen LogP contribution in [0.2, 0.25) is 0 Å². The van der Waals surface area contributed by atoms with Crippen molar-refractivity contribution in [2.75, 3.05) is 43.9 Å². The predicted octanol–water partition coefficient (Wildman–Crippen LogP) is 3.87. The number of nitrogens with zero attached hydrogens (tertiary/aromatic N) is 3. The summed E-state index contributed by atoms with van der Waals surface area (Å²) in [5, 5.41) is 2.92. The van der Waals surface area contributed by atoms with Crippen LogP contribution in [0.5, 0.6) is 0 Å². The first kappa shape index (κ1) is 18.9. The average molecular weight is 417 g/mol. The Hall–Kier alpha value is -1.92. The SMILES string of the molecule is CN(C)CC1CCN(c2ccc(NC(=O)c3cncc(Br)c3)cc2)CC1. The van der Waals surface area contributed by atoms with E-state index in [4.69, 9.17) is 0 Å². The maximum Gasteiger partial charge on any atom is 0.257 e. The minimum Gasteiger partial charge on any atom is -0.372 e. The molecule has 0 unspecified atom stereocenters. The fourth-order valence-electron chi connectivity index (χ4n) is 3.39. The highest BCUT2D eigenvalue weighted by Crippen LogP contribution is 2.25. The second kappa shape index (κ2) is 8.64. The van der Waals surface area contributed by atoms with E-state index in [0.29, 0.717) is 5.56 Å². The summed E-state index contributed by atoms with van der Waals surface area (Å²) in [4.78, 5) is 21.0. The Kier molecular flexibility index (Phi) is 6.27. The zero-order valence-electron chi connectivity index (χ0n) is 15.3. The van der Waals surface area contributed by atoms with Crippen LogP contribution in [0, 0.1) is 5.92 Å². The number of amides is 1. The predicted molar refractivity (Wildman–Crippen MR) is 110 cm³/mol. The second-order valence-electron chi connectivity index (χ2n) is 7.09. The fourth-order valence-corrected chi connectivity index (χ4v) is 3.75. The number of benzene rings is 1. The lowest BCUT2D eigenvalue weighted by atomic mass is 9.96. The minimum atomic E-state index is -0.156. The van der Waals surface area contributed by atoms with E-state index in [1.54, 1.807) is 18.5 Å². The Bertz CT molecular complexity index is 740. The molecule has 0 bridgehead atoms. The molecule has 2 heterocycles. The van der Waals surface area contributed by atoms with Crippen LogP contribution in [0.25, 0.3) is 0 Å². The molecule has 1 amide bonds. The molecule has 5 nitrogen and oxygen atoms in total. The lowest BCUT2D eigenvalue weighted by Gasteiger charge is -2.34. The number of carbonyl (C=O) groups excluding carboxylic acids is 1. The number of hydrogen-bond donors (Lipinski definition) is 1. The third-order valence-electron chi connectivity index (χ3n) is 4.70. The molecule has 0 saturated carbocycles. The van der Waals surface area contributed by atoms with Crippen LogP contribution in [0.1, 0.15) is 23.2 Å². The van der Waals surface area contributed by atoms with Crippen molar-refractivity contribution in [1.82, 2.24) is 9.88 Å². The quantitative estimate of drug-likeness (QED) is 0.803. The number of anilines is 2. The van der Waals surface area contributed by atoms with Gasteiger partial charge in [-0.15, -0.1) is 0 Å². The van der Waals surface area contributed by atoms with Crippen LogP contribution in [0.4, 0.5) is 11.4 Å². The zero-order chi connectivity index (χ0) is 18.5. The summed E-state index contributed by atoms with van der Waals surface area (Å²) in [6, 6.07) is 9.85. The van der Waals surface area contributed by atoms with Gasteiger partial charge in [-0.05, 0) is 79.1 Å². The number of halogens is 1. The van der Waals surface area contributed by atoms with Crippen LogP contribution in [-0.2, 0) is 0 Å². The molecule has 3 rings (SSSR count). The van der Waals surface area contributed by atoms with E-state index in [1.807, 2.05) is 12.1 Å². The molecule has 1 aromatic carbocycles. The molecule has 0 aliphatic carbocycles. The fraction of sp³-hybridized carbons (Fsp3) is 0.400. The van der Waals surface area contributed by atoms with Gasteiger partial charge in [-0.1, -0.05) is 0 Å². The highest BCUT2D eigenvalue weighted by Gasteiger charge is 2.19. The van der Waals surface area contributed by atoms with Crippen molar-refractivity contribution in [3.8, 4) is 0 Å². The monoisotopic (exact) mass is 416 g/mol. The molecule has 0 radical (unpaired) electrons. The number of carbonyl (C=O) groups is 1. The maximum atomic E-state index is 12.3. The Morgan fingerprint density at radius 1 is 1.23 bits per heavy atom. The maximum absolute atomic E-state index is 12.3. The van der Waals surface area contributed by atoms with E-state index in [-0.39, 0.29) is 5.91 Å². The van der Waals surface area contributed by atoms with Crippen molar-refractivity contribution in [2.45, 2.75) is 12.8 Å². The van der Waals surface area contributed by atoms with Crippen LogP contribution >= 0.6 is 15.9 Å². The number of pyridine rings is 1. The van der Waals surface area contributed by atoms with Gasteiger partial charge >= 0.3 is 0 Å². The topological polar surface area (TPSA) is 48.5 Å². The Balaban J connectivity index is 1.56. The third kappa shape index (κ3) is 5.05. The van der Waals surface area contributed by atoms with Gasteiger partial charge in [0.05, 0.1) is 5.56 Å². The number of hydrogen-bond acceptors (Lipinski definition) is 4. The summed E-state index contributed by atoms with van der Waals surface area (Å²) >= 11 is 3.34. The largest absolute Gasteiger partial charge is 0.372 e. The molecule has 1 saturated heterocycles. The van der Waals surface area contributed by atoms with Gasteiger partial charge < -0.3 is 15.1 Å². The second-order valence-corrected chi connectivity index (χ2v) is 8.00. The average Bonchev–Trinajstić information content (AvgIpc) is 2.62. The van der Waals surface area contributed by atoms with Crippen molar-refractivity contribution < 1.29 is 4.79 Å². The molecule has 1 aliphatic rings. The molecule has 0 atom stereocenters. The summed E-state index contributed by atoms with van der Waals surface area (Å²) in [6.07, 6.45) is 5.68. The van der Waals surface area contributed by atoms with E-state index in [2.05, 4.69) is 62.3 Å². The van der Waals surface area contributed by atoms with Gasteiger partial charge in [0.2, 0.25) is 0 Å². The highest BCUT2D eigenvalue weighted by atomic mass is 79.9. The number of aromatic nitrogens is 1. The Morgan fingerprint density at radius 3 is 2.54 bits per heavy atom. The Morgan fingerprint density at radius 2 is 1.92 bits per heavy atom. The molecule has 138 valence electrons. The van der Waals surface area contributed by atoms with E-state index >= 15 is 0 Å². The minimum absolute atomic E-state index is 0.156. The van der Waals surface area contributed by atoms with Crippen LogP contribution in [0.3, 0.4) is 0 Å². The molecule has 2 aromatic rings. The van der Waals surface area contributed by atoms with Crippen molar-refractivity contribution in [3.63, 3.8) is 0 Å². The van der Waals surface area contributed by atoms with Gasteiger partial charge in [0, 0.05) is 47.9 Å². The van der Waals surface area contributed by atoms with Gasteiger partial charge in [0.1, 0.15) is 0 Å². The first-order chi connectivity index (χ1) is 12.5. The number of rotatable bonds is 5. The standard InChI is InChI=1S/C20H25BrN4O/c1-24(2)14-15-7-9-25(10-8-15)19-5-3-18(4-6-19)23-20(26)16-11-17(21)13-22-12-16/h3-6,11-13,15H,7-10,14H2,1-2H3,(H,23,26). The molecule has 0 spiro atoms. The smallest absolute Gasteiger partial charge is 0.257 e. The summed E-state index contributed by atoms with van der Waals surface area (Å²) in [6.45, 7) is 3.35. The van der Waals surface area contributed by atoms with Crippen LogP contribution in [0.15, 0.2) is 47.2 Å². The van der Waals surface area contributed by atoms with Crippen LogP contribution < -0.4 is 10.2 Å². The van der Waals surface area contributed by atoms with Crippen molar-refractivity contribution in [3.05, 3.63) is 52.8 Å². The van der Waals surface area contributed by atoms with Crippen LogP contribution in [-0.4, -0.2) is 49.5 Å². The number of piperidine rings is 1. The Labute approximate surface area is 163 Å². The van der Waals surface area contributed by atoms with Gasteiger partial charge in [-0.25, -0.2) is 0 Å².